The molecule has 3 aromatic rings. The highest BCUT2D eigenvalue weighted by Gasteiger charge is 2.57. The van der Waals surface area contributed by atoms with E-state index in [0.717, 1.165) is 13.2 Å². The monoisotopic (exact) mass is 620 g/mol. The Bertz CT molecular complexity index is 1510. The molecule has 0 aliphatic carbocycles. The quantitative estimate of drug-likeness (QED) is 0.271. The zero-order valence-corrected chi connectivity index (χ0v) is 25.5. The van der Waals surface area contributed by atoms with Gasteiger partial charge in [0.25, 0.3) is 0 Å². The smallest absolute Gasteiger partial charge is 0.340 e. The van der Waals surface area contributed by atoms with Crippen LogP contribution in [0.4, 0.5) is 13.2 Å². The van der Waals surface area contributed by atoms with Gasteiger partial charge in [-0.2, -0.15) is 0 Å². The molecule has 0 unspecified atom stereocenters. The summed E-state index contributed by atoms with van der Waals surface area (Å²) in [5, 5.41) is 6.29. The van der Waals surface area contributed by atoms with Gasteiger partial charge in [-0.1, -0.05) is 75.2 Å². The first-order valence-corrected chi connectivity index (χ1v) is 14.2. The van der Waals surface area contributed by atoms with E-state index in [1.54, 1.807) is 24.3 Å². The normalized spacial score (nSPS) is 22.2. The maximum absolute atomic E-state index is 15.7. The highest BCUT2D eigenvalue weighted by atomic mass is 35.5. The van der Waals surface area contributed by atoms with Crippen molar-refractivity contribution in [3.63, 3.8) is 0 Å². The van der Waals surface area contributed by atoms with Gasteiger partial charge in [-0.25, -0.2) is 18.0 Å². The van der Waals surface area contributed by atoms with Gasteiger partial charge < -0.3 is 15.4 Å². The van der Waals surface area contributed by atoms with E-state index >= 15 is 8.78 Å². The number of hydrogen-bond acceptors (Lipinski definition) is 4. The standard InChI is InChI=1S/C32H33Cl2F3N2O3/c1-31(2,3)15-25-32(4,21-12-10-18(33)14-24(21)36)26(20-7-6-8-22(34)27(20)37)28(39-25)29(40)38-16-17-9-11-19(23(35)13-17)30(41)42-5/h6-14,25-26,28,39H,15-16H2,1-5H3,(H,38,40)/t25-,26-,28+,32-/m0/s1. The molecule has 0 aromatic heterocycles. The molecule has 42 heavy (non-hydrogen) atoms. The number of methoxy groups -OCH3 is 1. The van der Waals surface area contributed by atoms with Gasteiger partial charge in [0.05, 0.1) is 23.7 Å². The van der Waals surface area contributed by atoms with Crippen LogP contribution in [-0.4, -0.2) is 31.1 Å². The summed E-state index contributed by atoms with van der Waals surface area (Å²) in [5.41, 5.74) is -0.750. The lowest BCUT2D eigenvalue weighted by Crippen LogP contribution is -2.45. The first-order valence-electron chi connectivity index (χ1n) is 13.5. The predicted octanol–water partition coefficient (Wildman–Crippen LogP) is 7.33. The van der Waals surface area contributed by atoms with Crippen LogP contribution in [0.1, 0.15) is 67.1 Å². The van der Waals surface area contributed by atoms with Gasteiger partial charge in [-0.3, -0.25) is 4.79 Å². The van der Waals surface area contributed by atoms with Crippen LogP contribution in [0.15, 0.2) is 54.6 Å². The van der Waals surface area contributed by atoms with Crippen molar-refractivity contribution in [3.05, 3.63) is 104 Å². The first-order chi connectivity index (χ1) is 19.7. The third-order valence-corrected chi connectivity index (χ3v) is 8.44. The second-order valence-electron chi connectivity index (χ2n) is 12.0. The van der Waals surface area contributed by atoms with Gasteiger partial charge in [0, 0.05) is 28.9 Å². The zero-order chi connectivity index (χ0) is 31.0. The van der Waals surface area contributed by atoms with Crippen LogP contribution in [0.3, 0.4) is 0 Å². The Hall–Kier alpha value is -3.07. The fourth-order valence-corrected chi connectivity index (χ4v) is 6.29. The van der Waals surface area contributed by atoms with Gasteiger partial charge in [0.1, 0.15) is 17.5 Å². The molecule has 10 heteroatoms. The molecule has 1 amide bonds. The second-order valence-corrected chi connectivity index (χ2v) is 12.9. The molecule has 1 heterocycles. The molecule has 224 valence electrons. The second kappa shape index (κ2) is 12.3. The molecular formula is C32H33Cl2F3N2O3. The summed E-state index contributed by atoms with van der Waals surface area (Å²) in [6.07, 6.45) is 0.522. The van der Waals surface area contributed by atoms with E-state index < -0.39 is 52.7 Å². The van der Waals surface area contributed by atoms with Crippen molar-refractivity contribution < 1.29 is 27.5 Å². The molecule has 0 bridgehead atoms. The van der Waals surface area contributed by atoms with Gasteiger partial charge in [0.2, 0.25) is 5.91 Å². The summed E-state index contributed by atoms with van der Waals surface area (Å²) < 4.78 is 50.5. The van der Waals surface area contributed by atoms with Crippen molar-refractivity contribution >= 4 is 35.1 Å². The Labute approximate surface area is 253 Å². The summed E-state index contributed by atoms with van der Waals surface area (Å²) >= 11 is 12.3. The van der Waals surface area contributed by atoms with Gasteiger partial charge in [-0.05, 0) is 58.9 Å². The van der Waals surface area contributed by atoms with Crippen molar-refractivity contribution in [1.29, 1.82) is 0 Å². The summed E-state index contributed by atoms with van der Waals surface area (Å²) in [5.74, 6) is -4.25. The number of carbonyl (C=O) groups is 2. The number of halogens is 5. The molecule has 1 aliphatic rings. The van der Waals surface area contributed by atoms with Crippen molar-refractivity contribution in [2.24, 2.45) is 5.41 Å². The molecule has 1 saturated heterocycles. The van der Waals surface area contributed by atoms with E-state index in [9.17, 15) is 14.0 Å². The lowest BCUT2D eigenvalue weighted by molar-refractivity contribution is -0.123. The first kappa shape index (κ1) is 31.9. The number of amides is 1. The summed E-state index contributed by atoms with van der Waals surface area (Å²) in [6.45, 7) is 7.84. The third-order valence-electron chi connectivity index (χ3n) is 7.92. The predicted molar refractivity (Wildman–Crippen MR) is 157 cm³/mol. The minimum Gasteiger partial charge on any atom is -0.465 e. The third kappa shape index (κ3) is 6.31. The number of ether oxygens (including phenoxy) is 1. The van der Waals surface area contributed by atoms with Crippen LogP contribution in [0, 0.1) is 22.9 Å². The topological polar surface area (TPSA) is 67.4 Å². The lowest BCUT2D eigenvalue weighted by Gasteiger charge is -2.40. The Morgan fingerprint density at radius 2 is 1.74 bits per heavy atom. The number of carbonyl (C=O) groups excluding carboxylic acids is 2. The van der Waals surface area contributed by atoms with Crippen LogP contribution in [-0.2, 0) is 21.5 Å². The highest BCUT2D eigenvalue weighted by Crippen LogP contribution is 2.52. The van der Waals surface area contributed by atoms with Crippen molar-refractivity contribution in [1.82, 2.24) is 10.6 Å². The number of hydrogen-bond donors (Lipinski definition) is 2. The van der Waals surface area contributed by atoms with E-state index in [1.165, 1.54) is 24.3 Å². The van der Waals surface area contributed by atoms with Crippen LogP contribution >= 0.6 is 23.2 Å². The molecule has 5 nitrogen and oxygen atoms in total. The number of nitrogens with one attached hydrogen (secondary N) is 2. The molecular weight excluding hydrogens is 588 g/mol. The fraction of sp³-hybridized carbons (Fsp3) is 0.375. The van der Waals surface area contributed by atoms with Crippen LogP contribution in [0.2, 0.25) is 10.0 Å². The molecule has 4 atom stereocenters. The van der Waals surface area contributed by atoms with E-state index in [0.29, 0.717) is 12.0 Å². The van der Waals surface area contributed by atoms with Gasteiger partial charge >= 0.3 is 5.97 Å². The summed E-state index contributed by atoms with van der Waals surface area (Å²) in [4.78, 5) is 25.6. The molecule has 1 fully saturated rings. The zero-order valence-electron chi connectivity index (χ0n) is 24.0. The molecule has 2 N–H and O–H groups in total. The maximum Gasteiger partial charge on any atom is 0.340 e. The SMILES string of the molecule is COC(=O)c1ccc(CNC(=O)[C@@H]2N[C@@H](CC(C)(C)C)[C@](C)(c3ccc(Cl)cc3F)[C@H]2c2cccc(Cl)c2F)cc1F. The molecule has 4 rings (SSSR count). The Balaban J connectivity index is 1.78. The van der Waals surface area contributed by atoms with Crippen LogP contribution in [0.5, 0.6) is 0 Å². The molecule has 0 spiro atoms. The van der Waals surface area contributed by atoms with Gasteiger partial charge in [-0.15, -0.1) is 0 Å². The van der Waals surface area contributed by atoms with Crippen molar-refractivity contribution in [3.8, 4) is 0 Å². The molecule has 0 saturated carbocycles. The summed E-state index contributed by atoms with van der Waals surface area (Å²) in [7, 11) is 1.15. The van der Waals surface area contributed by atoms with Gasteiger partial charge in [0.15, 0.2) is 0 Å². The summed E-state index contributed by atoms with van der Waals surface area (Å²) in [6, 6.07) is 11.4. The minimum absolute atomic E-state index is 0.0733. The van der Waals surface area contributed by atoms with Crippen LogP contribution in [0.25, 0.3) is 0 Å². The number of esters is 1. The van der Waals surface area contributed by atoms with E-state index in [2.05, 4.69) is 15.4 Å². The molecule has 1 aliphatic heterocycles. The van der Waals surface area contributed by atoms with E-state index in [4.69, 9.17) is 23.2 Å². The lowest BCUT2D eigenvalue weighted by atomic mass is 9.63. The fourth-order valence-electron chi connectivity index (χ4n) is 5.95. The molecule has 3 aromatic carbocycles. The highest BCUT2D eigenvalue weighted by molar-refractivity contribution is 6.31. The minimum atomic E-state index is -1.12. The average molecular weight is 622 g/mol. The number of benzene rings is 3. The van der Waals surface area contributed by atoms with Crippen molar-refractivity contribution in [2.45, 2.75) is 64.1 Å². The molecule has 0 radical (unpaired) electrons. The maximum atomic E-state index is 15.7. The van der Waals surface area contributed by atoms with Crippen LogP contribution < -0.4 is 10.6 Å². The average Bonchev–Trinajstić information content (AvgIpc) is 3.19. The largest absolute Gasteiger partial charge is 0.465 e. The van der Waals surface area contributed by atoms with E-state index in [1.807, 2.05) is 27.7 Å². The number of rotatable bonds is 7. The Kier molecular flexibility index (Phi) is 9.31. The Morgan fingerprint density at radius 3 is 2.36 bits per heavy atom. The van der Waals surface area contributed by atoms with Crippen molar-refractivity contribution in [2.75, 3.05) is 7.11 Å². The van der Waals surface area contributed by atoms with E-state index in [-0.39, 0.29) is 38.7 Å². The Morgan fingerprint density at radius 1 is 1.02 bits per heavy atom.